The lowest BCUT2D eigenvalue weighted by Crippen LogP contribution is -2.59. The first-order valence-electron chi connectivity index (χ1n) is 16.7. The van der Waals surface area contributed by atoms with Crippen LogP contribution in [0.1, 0.15) is 98.3 Å². The van der Waals surface area contributed by atoms with E-state index in [0.717, 1.165) is 31.3 Å². The van der Waals surface area contributed by atoms with Crippen LogP contribution in [0, 0.1) is 17.8 Å². The molecule has 0 amide bonds. The van der Waals surface area contributed by atoms with E-state index in [0.29, 0.717) is 36.3 Å². The third-order valence-electron chi connectivity index (χ3n) is 10.9. The minimum atomic E-state index is -1.53. The predicted octanol–water partition coefficient (Wildman–Crippen LogP) is 5.66. The Morgan fingerprint density at radius 1 is 1.00 bits per heavy atom. The van der Waals surface area contributed by atoms with E-state index >= 15 is 0 Å². The number of ketones is 1. The summed E-state index contributed by atoms with van der Waals surface area (Å²) in [6, 6.07) is 0. The van der Waals surface area contributed by atoms with Crippen LogP contribution < -0.4 is 0 Å². The molecule has 44 heavy (non-hydrogen) atoms. The molecule has 2 N–H and O–H groups in total. The molecule has 9 unspecified atom stereocenters. The number of fused-ring (bicyclic) bond motifs is 3. The first-order chi connectivity index (χ1) is 20.9. The molecule has 0 radical (unpaired) electrons. The second-order valence-electron chi connectivity index (χ2n) is 14.0. The number of aliphatic hydroxyl groups excluding tert-OH is 1. The van der Waals surface area contributed by atoms with E-state index in [1.165, 1.54) is 6.42 Å². The number of allylic oxidation sites excluding steroid dienone is 4. The number of ether oxygens (including phenoxy) is 4. The van der Waals surface area contributed by atoms with Crippen LogP contribution >= 0.6 is 0 Å². The fourth-order valence-electron chi connectivity index (χ4n) is 8.05. The molecule has 3 aliphatic heterocycles. The number of methoxy groups -OCH3 is 1. The quantitative estimate of drug-likeness (QED) is 0.304. The summed E-state index contributed by atoms with van der Waals surface area (Å²) in [5.74, 6) is -2.20. The maximum Gasteiger partial charge on any atom is 0.316 e. The molecule has 1 saturated carbocycles. The average molecular weight is 613 g/mol. The molecule has 3 fully saturated rings. The van der Waals surface area contributed by atoms with Crippen LogP contribution in [0.5, 0.6) is 0 Å². The third-order valence-corrected chi connectivity index (χ3v) is 10.9. The zero-order chi connectivity index (χ0) is 31.6. The van der Waals surface area contributed by atoms with Gasteiger partial charge in [-0.2, -0.15) is 0 Å². The van der Waals surface area contributed by atoms with Gasteiger partial charge in [-0.3, -0.25) is 9.59 Å². The number of carbonyl (C=O) groups is 2. The van der Waals surface area contributed by atoms with Gasteiger partial charge >= 0.3 is 5.97 Å². The van der Waals surface area contributed by atoms with Gasteiger partial charge in [0.25, 0.3) is 0 Å². The summed E-state index contributed by atoms with van der Waals surface area (Å²) in [6.07, 6.45) is 14.6. The molecule has 2 bridgehead atoms. The molecule has 8 heteroatoms. The van der Waals surface area contributed by atoms with E-state index in [4.69, 9.17) is 18.9 Å². The molecule has 2 aliphatic carbocycles. The van der Waals surface area contributed by atoms with Crippen LogP contribution in [0.3, 0.4) is 0 Å². The smallest absolute Gasteiger partial charge is 0.316 e. The van der Waals surface area contributed by atoms with Gasteiger partial charge in [0.15, 0.2) is 11.6 Å². The maximum absolute atomic E-state index is 14.0. The Balaban J connectivity index is 1.50. The van der Waals surface area contributed by atoms with Crippen molar-refractivity contribution in [2.24, 2.45) is 17.8 Å². The number of Topliss-reactive ketones (excluding diaryl/α,β-unsaturated/α-hetero) is 1. The molecule has 0 aromatic heterocycles. The molecule has 9 atom stereocenters. The maximum atomic E-state index is 14.0. The van der Waals surface area contributed by atoms with Crippen LogP contribution in [0.2, 0.25) is 0 Å². The molecule has 8 nitrogen and oxygen atoms in total. The Kier molecular flexibility index (Phi) is 10.4. The minimum absolute atomic E-state index is 0.00989. The highest BCUT2D eigenvalue weighted by Crippen LogP contribution is 2.47. The van der Waals surface area contributed by atoms with Gasteiger partial charge in [0.1, 0.15) is 17.6 Å². The SMILES string of the molecule is COC1CC2(O)C(C)=CC=CCC(=O)C(C)=CCC3CC(CC4(CC(O)C(C)C(C5CCCCC5)O4)O3)OC(=O)C2C=C1C. The molecule has 5 aliphatic rings. The monoisotopic (exact) mass is 612 g/mol. The van der Waals surface area contributed by atoms with Crippen molar-refractivity contribution in [1.82, 2.24) is 0 Å². The van der Waals surface area contributed by atoms with Gasteiger partial charge in [-0.1, -0.05) is 56.6 Å². The summed E-state index contributed by atoms with van der Waals surface area (Å²) >= 11 is 0. The van der Waals surface area contributed by atoms with E-state index in [2.05, 4.69) is 6.92 Å². The van der Waals surface area contributed by atoms with Gasteiger partial charge in [0.05, 0.1) is 24.4 Å². The molecule has 5 rings (SSSR count). The van der Waals surface area contributed by atoms with Gasteiger partial charge in [-0.05, 0) is 62.7 Å². The van der Waals surface area contributed by atoms with Crippen molar-refractivity contribution >= 4 is 11.8 Å². The van der Waals surface area contributed by atoms with Crippen molar-refractivity contribution in [2.45, 2.75) is 140 Å². The minimum Gasteiger partial charge on any atom is -0.462 e. The van der Waals surface area contributed by atoms with Crippen molar-refractivity contribution in [3.05, 3.63) is 47.1 Å². The molecule has 244 valence electrons. The van der Waals surface area contributed by atoms with Gasteiger partial charge in [-0.25, -0.2) is 0 Å². The average Bonchev–Trinajstić information content (AvgIpc) is 3.00. The predicted molar refractivity (Wildman–Crippen MR) is 166 cm³/mol. The van der Waals surface area contributed by atoms with E-state index in [9.17, 15) is 19.8 Å². The molecule has 3 heterocycles. The zero-order valence-electron chi connectivity index (χ0n) is 27.1. The number of hydrogen-bond acceptors (Lipinski definition) is 8. The summed E-state index contributed by atoms with van der Waals surface area (Å²) in [5, 5.41) is 23.4. The number of rotatable bonds is 2. The Labute approximate surface area is 262 Å². The summed E-state index contributed by atoms with van der Waals surface area (Å²) < 4.78 is 25.5. The summed E-state index contributed by atoms with van der Waals surface area (Å²) in [7, 11) is 1.60. The van der Waals surface area contributed by atoms with E-state index in [-0.39, 0.29) is 49.3 Å². The van der Waals surface area contributed by atoms with Gasteiger partial charge in [0, 0.05) is 45.1 Å². The zero-order valence-corrected chi connectivity index (χ0v) is 27.1. The van der Waals surface area contributed by atoms with Crippen molar-refractivity contribution in [2.75, 3.05) is 7.11 Å². The number of esters is 1. The fraction of sp³-hybridized carbons (Fsp3) is 0.722. The van der Waals surface area contributed by atoms with Crippen LogP contribution in [0.25, 0.3) is 0 Å². The van der Waals surface area contributed by atoms with Crippen molar-refractivity contribution < 1.29 is 38.7 Å². The van der Waals surface area contributed by atoms with Crippen molar-refractivity contribution in [3.63, 3.8) is 0 Å². The van der Waals surface area contributed by atoms with Gasteiger partial charge < -0.3 is 29.2 Å². The van der Waals surface area contributed by atoms with Crippen LogP contribution in [0.15, 0.2) is 47.1 Å². The normalized spacial score (nSPS) is 41.3. The standard InChI is InChI=1S/C36H52O8/c1-22-15-16-27-18-28(19-35(43-27)20-31(38)25(4)33(44-35)26-12-7-6-8-13-26)42-34(39)29-17-23(2)32(41-5)21-36(29,40)24(3)11-9-10-14-30(22)37/h9-11,15,17,25-29,31-33,38,40H,6-8,12-14,16,18-21H2,1-5H3. The molecular weight excluding hydrogens is 560 g/mol. The number of aliphatic hydroxyl groups is 2. The highest BCUT2D eigenvalue weighted by atomic mass is 16.7. The van der Waals surface area contributed by atoms with E-state index in [1.807, 2.05) is 19.9 Å². The Hall–Kier alpha value is -2.10. The van der Waals surface area contributed by atoms with Gasteiger partial charge in [-0.15, -0.1) is 0 Å². The topological polar surface area (TPSA) is 112 Å². The summed E-state index contributed by atoms with van der Waals surface area (Å²) in [4.78, 5) is 27.0. The van der Waals surface area contributed by atoms with Gasteiger partial charge in [0.2, 0.25) is 0 Å². The molecular formula is C36H52O8. The first-order valence-corrected chi connectivity index (χ1v) is 16.7. The van der Waals surface area contributed by atoms with Crippen LogP contribution in [-0.4, -0.2) is 71.0 Å². The summed E-state index contributed by atoms with van der Waals surface area (Å²) in [6.45, 7) is 7.58. The number of carbonyl (C=O) groups excluding carboxylic acids is 2. The van der Waals surface area contributed by atoms with Crippen LogP contribution in [-0.2, 0) is 28.5 Å². The van der Waals surface area contributed by atoms with E-state index in [1.54, 1.807) is 38.3 Å². The Morgan fingerprint density at radius 3 is 2.48 bits per heavy atom. The highest BCUT2D eigenvalue weighted by molar-refractivity contribution is 5.95. The highest BCUT2D eigenvalue weighted by Gasteiger charge is 2.54. The molecule has 1 spiro atoms. The second kappa shape index (κ2) is 13.7. The molecule has 0 aromatic rings. The second-order valence-corrected chi connectivity index (χ2v) is 14.0. The van der Waals surface area contributed by atoms with E-state index < -0.39 is 35.5 Å². The third kappa shape index (κ3) is 7.00. The first kappa shape index (κ1) is 33.3. The largest absolute Gasteiger partial charge is 0.462 e. The lowest BCUT2D eigenvalue weighted by molar-refractivity contribution is -0.355. The van der Waals surface area contributed by atoms with Crippen molar-refractivity contribution in [1.29, 1.82) is 0 Å². The molecule has 0 aromatic carbocycles. The lowest BCUT2D eigenvalue weighted by Gasteiger charge is -2.53. The lowest BCUT2D eigenvalue weighted by atomic mass is 9.71. The summed E-state index contributed by atoms with van der Waals surface area (Å²) in [5.41, 5.74) is 0.581. The number of hydrogen-bond donors (Lipinski definition) is 2. The molecule has 2 saturated heterocycles. The van der Waals surface area contributed by atoms with Crippen molar-refractivity contribution in [3.8, 4) is 0 Å². The Bertz CT molecular complexity index is 1190. The Morgan fingerprint density at radius 2 is 1.75 bits per heavy atom. The fourth-order valence-corrected chi connectivity index (χ4v) is 8.05. The van der Waals surface area contributed by atoms with Crippen LogP contribution in [0.4, 0.5) is 0 Å².